The molecule has 0 atom stereocenters. The molecule has 0 aliphatic rings. The monoisotopic (exact) mass is 214 g/mol. The van der Waals surface area contributed by atoms with Crippen LogP contribution in [0.3, 0.4) is 0 Å². The fourth-order valence-corrected chi connectivity index (χ4v) is 1.42. The Balaban J connectivity index is 1.92. The van der Waals surface area contributed by atoms with Crippen LogP contribution in [0.2, 0.25) is 0 Å². The van der Waals surface area contributed by atoms with Gasteiger partial charge in [0.1, 0.15) is 0 Å². The van der Waals surface area contributed by atoms with E-state index in [1.807, 2.05) is 60.7 Å². The van der Waals surface area contributed by atoms with Gasteiger partial charge in [0.25, 0.3) is 0 Å². The number of aliphatic hydroxyl groups is 1. The predicted octanol–water partition coefficient (Wildman–Crippen LogP) is 2.49. The third-order valence-electron chi connectivity index (χ3n) is 2.15. The largest absolute Gasteiger partial charge is 0.357 e. The summed E-state index contributed by atoms with van der Waals surface area (Å²) in [5, 5.41) is 15.6. The molecule has 2 aromatic rings. The van der Waals surface area contributed by atoms with Crippen LogP contribution in [0.1, 0.15) is 0 Å². The van der Waals surface area contributed by atoms with Gasteiger partial charge in [0.2, 0.25) is 6.35 Å². The van der Waals surface area contributed by atoms with Gasteiger partial charge in [0.05, 0.1) is 0 Å². The van der Waals surface area contributed by atoms with Crippen LogP contribution in [0.5, 0.6) is 0 Å². The average molecular weight is 214 g/mol. The summed E-state index contributed by atoms with van der Waals surface area (Å²) in [5.41, 5.74) is 1.75. The molecule has 2 rings (SSSR count). The summed E-state index contributed by atoms with van der Waals surface area (Å²) in [5.74, 6) is 0. The Bertz CT molecular complexity index is 375. The fraction of sp³-hybridized carbons (Fsp3) is 0.0769. The molecule has 0 aliphatic heterocycles. The average Bonchev–Trinajstić information content (AvgIpc) is 2.31. The van der Waals surface area contributed by atoms with Crippen molar-refractivity contribution in [1.29, 1.82) is 0 Å². The smallest absolute Gasteiger partial charge is 0.202 e. The lowest BCUT2D eigenvalue weighted by molar-refractivity contribution is 0.233. The summed E-state index contributed by atoms with van der Waals surface area (Å²) in [4.78, 5) is 0. The highest BCUT2D eigenvalue weighted by Crippen LogP contribution is 2.09. The number of para-hydroxylation sites is 2. The topological polar surface area (TPSA) is 44.3 Å². The van der Waals surface area contributed by atoms with Crippen molar-refractivity contribution < 1.29 is 5.11 Å². The molecule has 0 amide bonds. The fourth-order valence-electron chi connectivity index (χ4n) is 1.42. The molecule has 0 spiro atoms. The van der Waals surface area contributed by atoms with Crippen molar-refractivity contribution in [2.45, 2.75) is 6.35 Å². The molecule has 3 N–H and O–H groups in total. The summed E-state index contributed by atoms with van der Waals surface area (Å²) >= 11 is 0. The van der Waals surface area contributed by atoms with Gasteiger partial charge < -0.3 is 15.7 Å². The summed E-state index contributed by atoms with van der Waals surface area (Å²) in [6.45, 7) is 0. The summed E-state index contributed by atoms with van der Waals surface area (Å²) < 4.78 is 0. The Kier molecular flexibility index (Phi) is 3.41. The first-order chi connectivity index (χ1) is 7.84. The molecule has 0 heterocycles. The van der Waals surface area contributed by atoms with Gasteiger partial charge in [0, 0.05) is 11.4 Å². The van der Waals surface area contributed by atoms with Crippen molar-refractivity contribution in [1.82, 2.24) is 0 Å². The zero-order valence-electron chi connectivity index (χ0n) is 8.80. The number of rotatable bonds is 4. The highest BCUT2D eigenvalue weighted by molar-refractivity contribution is 5.47. The number of anilines is 2. The highest BCUT2D eigenvalue weighted by Gasteiger charge is 2.01. The summed E-state index contributed by atoms with van der Waals surface area (Å²) in [6.07, 6.45) is -0.801. The second kappa shape index (κ2) is 5.19. The van der Waals surface area contributed by atoms with Crippen molar-refractivity contribution in [3.05, 3.63) is 60.7 Å². The number of hydrogen-bond donors (Lipinski definition) is 3. The Morgan fingerprint density at radius 1 is 0.688 bits per heavy atom. The van der Waals surface area contributed by atoms with E-state index in [9.17, 15) is 5.11 Å². The van der Waals surface area contributed by atoms with Crippen molar-refractivity contribution in [2.24, 2.45) is 0 Å². The molecule has 3 heteroatoms. The first-order valence-electron chi connectivity index (χ1n) is 5.16. The van der Waals surface area contributed by atoms with Gasteiger partial charge in [-0.25, -0.2) is 0 Å². The van der Waals surface area contributed by atoms with E-state index in [-0.39, 0.29) is 0 Å². The van der Waals surface area contributed by atoms with Crippen LogP contribution in [0, 0.1) is 0 Å². The van der Waals surface area contributed by atoms with E-state index in [4.69, 9.17) is 0 Å². The third-order valence-corrected chi connectivity index (χ3v) is 2.15. The minimum absolute atomic E-state index is 0.801. The quantitative estimate of drug-likeness (QED) is 0.685. The molecule has 0 aromatic heterocycles. The lowest BCUT2D eigenvalue weighted by Gasteiger charge is -2.16. The molecule has 0 unspecified atom stereocenters. The first-order valence-corrected chi connectivity index (χ1v) is 5.16. The van der Waals surface area contributed by atoms with Crippen molar-refractivity contribution >= 4 is 11.4 Å². The Labute approximate surface area is 94.7 Å². The van der Waals surface area contributed by atoms with E-state index in [2.05, 4.69) is 10.6 Å². The van der Waals surface area contributed by atoms with Crippen LogP contribution in [-0.4, -0.2) is 11.5 Å². The lowest BCUT2D eigenvalue weighted by atomic mass is 10.3. The standard InChI is InChI=1S/C13H14N2O/c16-13(14-11-7-3-1-4-8-11)15-12-9-5-2-6-10-12/h1-10,13-16H. The van der Waals surface area contributed by atoms with Gasteiger partial charge in [-0.2, -0.15) is 0 Å². The van der Waals surface area contributed by atoms with E-state index in [0.717, 1.165) is 11.4 Å². The Morgan fingerprint density at radius 2 is 1.06 bits per heavy atom. The molecule has 2 aromatic carbocycles. The molecule has 0 fully saturated rings. The Hall–Kier alpha value is -2.00. The molecule has 0 bridgehead atoms. The van der Waals surface area contributed by atoms with E-state index in [1.165, 1.54) is 0 Å². The van der Waals surface area contributed by atoms with E-state index < -0.39 is 6.35 Å². The number of benzene rings is 2. The number of nitrogens with one attached hydrogen (secondary N) is 2. The zero-order chi connectivity index (χ0) is 11.2. The van der Waals surface area contributed by atoms with Crippen molar-refractivity contribution in [3.8, 4) is 0 Å². The molecule has 0 aliphatic carbocycles. The molecule has 0 saturated heterocycles. The van der Waals surface area contributed by atoms with Crippen LogP contribution in [0.25, 0.3) is 0 Å². The minimum Gasteiger partial charge on any atom is -0.357 e. The van der Waals surface area contributed by atoms with Gasteiger partial charge >= 0.3 is 0 Å². The van der Waals surface area contributed by atoms with E-state index >= 15 is 0 Å². The van der Waals surface area contributed by atoms with E-state index in [0.29, 0.717) is 0 Å². The van der Waals surface area contributed by atoms with Crippen LogP contribution in [0.15, 0.2) is 60.7 Å². The maximum absolute atomic E-state index is 9.73. The summed E-state index contributed by atoms with van der Waals surface area (Å²) in [6, 6.07) is 19.1. The maximum Gasteiger partial charge on any atom is 0.202 e. The predicted molar refractivity (Wildman–Crippen MR) is 66.1 cm³/mol. The maximum atomic E-state index is 9.73. The van der Waals surface area contributed by atoms with Gasteiger partial charge in [0.15, 0.2) is 0 Å². The molecular formula is C13H14N2O. The lowest BCUT2D eigenvalue weighted by Crippen LogP contribution is -2.27. The minimum atomic E-state index is -0.801. The van der Waals surface area contributed by atoms with Gasteiger partial charge in [-0.3, -0.25) is 0 Å². The van der Waals surface area contributed by atoms with Crippen LogP contribution < -0.4 is 10.6 Å². The Morgan fingerprint density at radius 3 is 1.44 bits per heavy atom. The van der Waals surface area contributed by atoms with Gasteiger partial charge in [-0.05, 0) is 24.3 Å². The van der Waals surface area contributed by atoms with E-state index in [1.54, 1.807) is 0 Å². The van der Waals surface area contributed by atoms with Crippen LogP contribution in [0.4, 0.5) is 11.4 Å². The second-order valence-electron chi connectivity index (χ2n) is 3.42. The van der Waals surface area contributed by atoms with Gasteiger partial charge in [-0.1, -0.05) is 36.4 Å². The molecule has 82 valence electrons. The van der Waals surface area contributed by atoms with Gasteiger partial charge in [-0.15, -0.1) is 0 Å². The SMILES string of the molecule is OC(Nc1ccccc1)Nc1ccccc1. The zero-order valence-corrected chi connectivity index (χ0v) is 8.80. The third kappa shape index (κ3) is 3.00. The number of hydrogen-bond acceptors (Lipinski definition) is 3. The summed E-state index contributed by atoms with van der Waals surface area (Å²) in [7, 11) is 0. The molecule has 0 saturated carbocycles. The molecule has 0 radical (unpaired) electrons. The van der Waals surface area contributed by atoms with Crippen molar-refractivity contribution in [2.75, 3.05) is 10.6 Å². The normalized spacial score (nSPS) is 10.1. The van der Waals surface area contributed by atoms with Crippen molar-refractivity contribution in [3.63, 3.8) is 0 Å². The second-order valence-corrected chi connectivity index (χ2v) is 3.42. The van der Waals surface area contributed by atoms with Crippen LogP contribution in [-0.2, 0) is 0 Å². The molecule has 16 heavy (non-hydrogen) atoms. The number of aliphatic hydroxyl groups excluding tert-OH is 1. The highest BCUT2D eigenvalue weighted by atomic mass is 16.3. The molecular weight excluding hydrogens is 200 g/mol. The molecule has 3 nitrogen and oxygen atoms in total. The first kappa shape index (κ1) is 10.5. The van der Waals surface area contributed by atoms with Crippen LogP contribution >= 0.6 is 0 Å².